The SMILES string of the molecule is N#CC(=N)C(C#N)=Nc1c(O)[nH]c2ccccc12. The Labute approximate surface area is 102 Å². The molecule has 0 bridgehead atoms. The monoisotopic (exact) mass is 237 g/mol. The van der Waals surface area contributed by atoms with Crippen LogP contribution in [0.2, 0.25) is 0 Å². The van der Waals surface area contributed by atoms with E-state index < -0.39 is 5.71 Å². The van der Waals surface area contributed by atoms with Crippen LogP contribution in [0.1, 0.15) is 0 Å². The van der Waals surface area contributed by atoms with Crippen LogP contribution in [0.3, 0.4) is 0 Å². The average Bonchev–Trinajstić information content (AvgIpc) is 2.71. The van der Waals surface area contributed by atoms with Gasteiger partial charge in [0, 0.05) is 5.39 Å². The zero-order valence-corrected chi connectivity index (χ0v) is 9.10. The van der Waals surface area contributed by atoms with Crippen LogP contribution in [-0.4, -0.2) is 21.5 Å². The Morgan fingerprint density at radius 1 is 1.28 bits per heavy atom. The highest BCUT2D eigenvalue weighted by Crippen LogP contribution is 2.35. The number of benzene rings is 1. The van der Waals surface area contributed by atoms with Gasteiger partial charge in [0.05, 0.1) is 5.52 Å². The Balaban J connectivity index is 2.66. The fraction of sp³-hybridized carbons (Fsp3) is 0. The number of fused-ring (bicyclic) bond motifs is 1. The Bertz CT molecular complexity index is 742. The van der Waals surface area contributed by atoms with Crippen LogP contribution >= 0.6 is 0 Å². The van der Waals surface area contributed by atoms with Crippen molar-refractivity contribution in [2.45, 2.75) is 0 Å². The molecular weight excluding hydrogens is 230 g/mol. The lowest BCUT2D eigenvalue weighted by Crippen LogP contribution is -2.07. The fourth-order valence-electron chi connectivity index (χ4n) is 1.53. The summed E-state index contributed by atoms with van der Waals surface area (Å²) in [6.45, 7) is 0. The molecule has 3 N–H and O–H groups in total. The first-order valence-corrected chi connectivity index (χ1v) is 4.95. The van der Waals surface area contributed by atoms with Crippen molar-refractivity contribution < 1.29 is 5.11 Å². The summed E-state index contributed by atoms with van der Waals surface area (Å²) in [5.74, 6) is -0.199. The van der Waals surface area contributed by atoms with Gasteiger partial charge in [-0.3, -0.25) is 5.41 Å². The van der Waals surface area contributed by atoms with E-state index in [1.54, 1.807) is 30.3 Å². The van der Waals surface area contributed by atoms with Crippen LogP contribution in [0, 0.1) is 28.1 Å². The van der Waals surface area contributed by atoms with Gasteiger partial charge in [-0.05, 0) is 6.07 Å². The number of para-hydroxylation sites is 1. The maximum absolute atomic E-state index is 9.71. The largest absolute Gasteiger partial charge is 0.493 e. The van der Waals surface area contributed by atoms with E-state index >= 15 is 0 Å². The molecule has 86 valence electrons. The van der Waals surface area contributed by atoms with Crippen LogP contribution < -0.4 is 0 Å². The quantitative estimate of drug-likeness (QED) is 0.692. The lowest BCUT2D eigenvalue weighted by atomic mass is 10.2. The van der Waals surface area contributed by atoms with Crippen molar-refractivity contribution in [1.29, 1.82) is 15.9 Å². The molecule has 2 rings (SSSR count). The molecule has 0 saturated carbocycles. The summed E-state index contributed by atoms with van der Waals surface area (Å²) in [6.07, 6.45) is 0. The molecule has 2 aromatic rings. The van der Waals surface area contributed by atoms with Crippen molar-refractivity contribution in [1.82, 2.24) is 4.98 Å². The zero-order valence-electron chi connectivity index (χ0n) is 9.10. The number of aliphatic imine (C=N–C) groups is 1. The third kappa shape index (κ3) is 1.79. The summed E-state index contributed by atoms with van der Waals surface area (Å²) in [7, 11) is 0. The minimum atomic E-state index is -0.540. The first-order chi connectivity index (χ1) is 8.67. The van der Waals surface area contributed by atoms with Gasteiger partial charge in [-0.2, -0.15) is 10.5 Å². The van der Waals surface area contributed by atoms with Crippen LogP contribution in [-0.2, 0) is 0 Å². The van der Waals surface area contributed by atoms with Crippen molar-refractivity contribution in [2.24, 2.45) is 4.99 Å². The minimum absolute atomic E-state index is 0.155. The standard InChI is InChI=1S/C12H7N5O/c13-5-8(15)10(6-14)16-11-7-3-1-2-4-9(7)17-12(11)18/h1-4,15,17-18H. The molecule has 0 amide bonds. The number of aromatic hydroxyl groups is 1. The maximum atomic E-state index is 9.71. The molecular formula is C12H7N5O. The Kier molecular flexibility index (Phi) is 2.78. The molecule has 0 radical (unpaired) electrons. The molecule has 0 aliphatic rings. The van der Waals surface area contributed by atoms with Crippen molar-refractivity contribution >= 4 is 28.0 Å². The topological polar surface area (TPSA) is 120 Å². The first kappa shape index (κ1) is 11.4. The van der Waals surface area contributed by atoms with E-state index in [1.807, 2.05) is 0 Å². The molecule has 0 unspecified atom stereocenters. The van der Waals surface area contributed by atoms with Gasteiger partial charge >= 0.3 is 0 Å². The summed E-state index contributed by atoms with van der Waals surface area (Å²) in [5.41, 5.74) is -0.0589. The second-order valence-corrected chi connectivity index (χ2v) is 3.43. The van der Waals surface area contributed by atoms with Gasteiger partial charge in [-0.25, -0.2) is 4.99 Å². The van der Waals surface area contributed by atoms with Gasteiger partial charge in [0.15, 0.2) is 11.4 Å². The third-order valence-electron chi connectivity index (χ3n) is 2.34. The first-order valence-electron chi connectivity index (χ1n) is 4.95. The maximum Gasteiger partial charge on any atom is 0.216 e. The Hall–Kier alpha value is -3.12. The summed E-state index contributed by atoms with van der Waals surface area (Å²) in [4.78, 5) is 6.56. The van der Waals surface area contributed by atoms with E-state index in [0.717, 1.165) is 0 Å². The van der Waals surface area contributed by atoms with Crippen molar-refractivity contribution in [3.8, 4) is 18.0 Å². The Morgan fingerprint density at radius 2 is 2.00 bits per heavy atom. The van der Waals surface area contributed by atoms with Crippen LogP contribution in [0.4, 0.5) is 5.69 Å². The summed E-state index contributed by atoms with van der Waals surface area (Å²) >= 11 is 0. The van der Waals surface area contributed by atoms with Crippen LogP contribution in [0.25, 0.3) is 10.9 Å². The average molecular weight is 237 g/mol. The summed E-state index contributed by atoms with van der Waals surface area (Å²) in [5, 5.41) is 35.0. The van der Waals surface area contributed by atoms with E-state index in [0.29, 0.717) is 10.9 Å². The smallest absolute Gasteiger partial charge is 0.216 e. The number of hydrogen-bond donors (Lipinski definition) is 3. The van der Waals surface area contributed by atoms with Gasteiger partial charge in [0.1, 0.15) is 17.8 Å². The molecule has 0 saturated heterocycles. The number of nitrogens with zero attached hydrogens (tertiary/aromatic N) is 3. The predicted octanol–water partition coefficient (Wildman–Crippen LogP) is 2.01. The van der Waals surface area contributed by atoms with E-state index in [2.05, 4.69) is 9.98 Å². The zero-order chi connectivity index (χ0) is 13.1. The molecule has 6 nitrogen and oxygen atoms in total. The van der Waals surface area contributed by atoms with E-state index in [-0.39, 0.29) is 17.3 Å². The number of nitrogens with one attached hydrogen (secondary N) is 2. The second-order valence-electron chi connectivity index (χ2n) is 3.43. The van der Waals surface area contributed by atoms with Gasteiger partial charge in [-0.15, -0.1) is 0 Å². The molecule has 0 fully saturated rings. The number of H-pyrrole nitrogens is 1. The highest BCUT2D eigenvalue weighted by atomic mass is 16.3. The number of aromatic amines is 1. The van der Waals surface area contributed by atoms with Gasteiger partial charge in [0.2, 0.25) is 5.88 Å². The highest BCUT2D eigenvalue weighted by molar-refractivity contribution is 6.52. The van der Waals surface area contributed by atoms with Gasteiger partial charge in [0.25, 0.3) is 0 Å². The summed E-state index contributed by atoms with van der Waals surface area (Å²) in [6, 6.07) is 10.2. The van der Waals surface area contributed by atoms with Gasteiger partial charge < -0.3 is 10.1 Å². The lowest BCUT2D eigenvalue weighted by Gasteiger charge is -1.94. The minimum Gasteiger partial charge on any atom is -0.493 e. The third-order valence-corrected chi connectivity index (χ3v) is 2.34. The molecule has 0 spiro atoms. The molecule has 1 heterocycles. The fourth-order valence-corrected chi connectivity index (χ4v) is 1.53. The van der Waals surface area contributed by atoms with E-state index in [9.17, 15) is 5.11 Å². The predicted molar refractivity (Wildman–Crippen MR) is 66.0 cm³/mol. The number of rotatable bonds is 2. The lowest BCUT2D eigenvalue weighted by molar-refractivity contribution is 0.460. The molecule has 1 aromatic carbocycles. The van der Waals surface area contributed by atoms with Crippen LogP contribution in [0.15, 0.2) is 29.3 Å². The number of aromatic nitrogens is 1. The van der Waals surface area contributed by atoms with Crippen molar-refractivity contribution in [3.63, 3.8) is 0 Å². The van der Waals surface area contributed by atoms with E-state index in [1.165, 1.54) is 6.07 Å². The van der Waals surface area contributed by atoms with E-state index in [4.69, 9.17) is 15.9 Å². The summed E-state index contributed by atoms with van der Waals surface area (Å²) < 4.78 is 0. The van der Waals surface area contributed by atoms with Crippen LogP contribution in [0.5, 0.6) is 5.88 Å². The van der Waals surface area contributed by atoms with Gasteiger partial charge in [-0.1, -0.05) is 18.2 Å². The molecule has 18 heavy (non-hydrogen) atoms. The molecule has 1 aromatic heterocycles. The highest BCUT2D eigenvalue weighted by Gasteiger charge is 2.12. The molecule has 6 heteroatoms. The number of nitriles is 2. The molecule has 0 aliphatic heterocycles. The number of hydrogen-bond acceptors (Lipinski definition) is 5. The second kappa shape index (κ2) is 4.40. The van der Waals surface area contributed by atoms with Crippen molar-refractivity contribution in [3.05, 3.63) is 24.3 Å². The molecule has 0 aliphatic carbocycles. The molecule has 0 atom stereocenters. The normalized spacial score (nSPS) is 10.9. The van der Waals surface area contributed by atoms with Crippen molar-refractivity contribution in [2.75, 3.05) is 0 Å². The Morgan fingerprint density at radius 3 is 2.67 bits per heavy atom.